The first kappa shape index (κ1) is 26.7. The predicted molar refractivity (Wildman–Crippen MR) is 159 cm³/mol. The van der Waals surface area contributed by atoms with E-state index >= 15 is 0 Å². The molecule has 1 aliphatic rings. The summed E-state index contributed by atoms with van der Waals surface area (Å²) in [5.41, 5.74) is 6.55. The molecule has 0 aliphatic carbocycles. The van der Waals surface area contributed by atoms with E-state index in [1.807, 2.05) is 71.3 Å². The van der Waals surface area contributed by atoms with Crippen molar-refractivity contribution < 1.29 is 19.1 Å². The van der Waals surface area contributed by atoms with Crippen LogP contribution in [0.1, 0.15) is 48.0 Å². The zero-order valence-electron chi connectivity index (χ0n) is 23.0. The van der Waals surface area contributed by atoms with Gasteiger partial charge < -0.3 is 19.5 Å². The molecule has 8 nitrogen and oxygen atoms in total. The largest absolute Gasteiger partial charge is 0.465 e. The van der Waals surface area contributed by atoms with E-state index in [1.165, 1.54) is 7.11 Å². The summed E-state index contributed by atoms with van der Waals surface area (Å²) in [4.78, 5) is 45.3. The summed E-state index contributed by atoms with van der Waals surface area (Å²) in [6.45, 7) is 1.13. The smallest absolute Gasteiger partial charge is 0.338 e. The quantitative estimate of drug-likeness (QED) is 0.280. The second-order valence-electron chi connectivity index (χ2n) is 9.97. The van der Waals surface area contributed by atoms with Crippen LogP contribution in [0.2, 0.25) is 0 Å². The number of pyridine rings is 1. The Bertz CT molecular complexity index is 1780. The van der Waals surface area contributed by atoms with Crippen LogP contribution in [0.5, 0.6) is 0 Å². The van der Waals surface area contributed by atoms with Crippen LogP contribution < -0.4 is 10.2 Å². The van der Waals surface area contributed by atoms with Gasteiger partial charge in [-0.05, 0) is 64.7 Å². The van der Waals surface area contributed by atoms with Crippen LogP contribution in [-0.4, -0.2) is 34.4 Å². The molecule has 208 valence electrons. The lowest BCUT2D eigenvalue weighted by Gasteiger charge is -2.23. The van der Waals surface area contributed by atoms with Crippen LogP contribution in [0.4, 0.5) is 5.69 Å². The van der Waals surface area contributed by atoms with Crippen molar-refractivity contribution in [3.8, 4) is 11.1 Å². The molecule has 0 bridgehead atoms. The minimum atomic E-state index is -0.417. The number of hydrogen-bond donors (Lipinski definition) is 1. The van der Waals surface area contributed by atoms with E-state index in [1.54, 1.807) is 47.6 Å². The zero-order valence-corrected chi connectivity index (χ0v) is 23.0. The van der Waals surface area contributed by atoms with Gasteiger partial charge in [0.25, 0.3) is 11.8 Å². The average Bonchev–Trinajstić information content (AvgIpc) is 3.36. The SMILES string of the molecule is COC(=O)c1ccccc1-c1ccc(C(=O)N2Cc3ccc(C(=O)NCc4cccnc4)n3Cc3ccccc32)cc1. The van der Waals surface area contributed by atoms with Crippen LogP contribution in [0, 0.1) is 0 Å². The number of amides is 2. The van der Waals surface area contributed by atoms with Crippen molar-refractivity contribution in [2.75, 3.05) is 12.0 Å². The molecular formula is C34H28N4O4. The summed E-state index contributed by atoms with van der Waals surface area (Å²) < 4.78 is 6.90. The van der Waals surface area contributed by atoms with E-state index in [9.17, 15) is 14.4 Å². The number of fused-ring (bicyclic) bond motifs is 2. The lowest BCUT2D eigenvalue weighted by molar-refractivity contribution is 0.0601. The number of carbonyl (C=O) groups excluding carboxylic acids is 3. The Balaban J connectivity index is 1.28. The molecule has 5 aromatic rings. The molecule has 42 heavy (non-hydrogen) atoms. The molecule has 0 fully saturated rings. The molecule has 6 rings (SSSR count). The number of anilines is 1. The molecule has 3 aromatic carbocycles. The van der Waals surface area contributed by atoms with Gasteiger partial charge in [0.15, 0.2) is 0 Å². The highest BCUT2D eigenvalue weighted by Gasteiger charge is 2.27. The Kier molecular flexibility index (Phi) is 7.34. The summed E-state index contributed by atoms with van der Waals surface area (Å²) in [7, 11) is 1.36. The van der Waals surface area contributed by atoms with E-state index in [4.69, 9.17) is 4.74 Å². The van der Waals surface area contributed by atoms with Crippen molar-refractivity contribution in [2.24, 2.45) is 0 Å². The lowest BCUT2D eigenvalue weighted by atomic mass is 9.98. The fraction of sp³-hybridized carbons (Fsp3) is 0.118. The van der Waals surface area contributed by atoms with Crippen molar-refractivity contribution in [2.45, 2.75) is 19.6 Å². The minimum absolute atomic E-state index is 0.160. The average molecular weight is 557 g/mol. The molecule has 1 aliphatic heterocycles. The number of methoxy groups -OCH3 is 1. The summed E-state index contributed by atoms with van der Waals surface area (Å²) in [6.07, 6.45) is 3.42. The minimum Gasteiger partial charge on any atom is -0.465 e. The predicted octanol–water partition coefficient (Wildman–Crippen LogP) is 5.48. The van der Waals surface area contributed by atoms with Crippen molar-refractivity contribution in [3.05, 3.63) is 143 Å². The molecule has 0 unspecified atom stereocenters. The van der Waals surface area contributed by atoms with Gasteiger partial charge in [0.2, 0.25) is 0 Å². The molecule has 2 amide bonds. The van der Waals surface area contributed by atoms with Crippen molar-refractivity contribution in [1.29, 1.82) is 0 Å². The number of nitrogens with zero attached hydrogens (tertiary/aromatic N) is 3. The Morgan fingerprint density at radius 2 is 1.64 bits per heavy atom. The first-order chi connectivity index (χ1) is 20.5. The summed E-state index contributed by atoms with van der Waals surface area (Å²) in [5, 5.41) is 2.98. The maximum absolute atomic E-state index is 14.0. The number of carbonyl (C=O) groups is 3. The third kappa shape index (κ3) is 5.17. The number of nitrogens with one attached hydrogen (secondary N) is 1. The number of para-hydroxylation sites is 1. The molecule has 0 saturated heterocycles. The molecule has 0 radical (unpaired) electrons. The molecule has 8 heteroatoms. The normalized spacial score (nSPS) is 12.1. The van der Waals surface area contributed by atoms with Crippen LogP contribution in [0.3, 0.4) is 0 Å². The van der Waals surface area contributed by atoms with Gasteiger partial charge in [0.1, 0.15) is 5.69 Å². The van der Waals surface area contributed by atoms with Gasteiger partial charge in [-0.1, -0.05) is 54.6 Å². The molecule has 2 aromatic heterocycles. The summed E-state index contributed by atoms with van der Waals surface area (Å²) in [6, 6.07) is 29.7. The maximum Gasteiger partial charge on any atom is 0.338 e. The lowest BCUT2D eigenvalue weighted by Crippen LogP contribution is -2.30. The third-order valence-corrected chi connectivity index (χ3v) is 7.43. The highest BCUT2D eigenvalue weighted by Crippen LogP contribution is 2.31. The number of rotatable bonds is 6. The highest BCUT2D eigenvalue weighted by atomic mass is 16.5. The molecule has 1 N–H and O–H groups in total. The highest BCUT2D eigenvalue weighted by molar-refractivity contribution is 6.07. The van der Waals surface area contributed by atoms with Crippen molar-refractivity contribution in [3.63, 3.8) is 0 Å². The second-order valence-corrected chi connectivity index (χ2v) is 9.97. The molecule has 0 atom stereocenters. The Hall–Kier alpha value is -5.50. The number of ether oxygens (including phenoxy) is 1. The standard InChI is InChI=1S/C34H28N4O4/c1-42-34(41)29-10-4-3-9-28(29)24-12-14-25(15-13-24)33(40)38-22-27-16-17-31(32(39)36-20-23-7-6-18-35-19-23)37(27)21-26-8-2-5-11-30(26)38/h2-19H,20-22H2,1H3,(H,36,39). The van der Waals surface area contributed by atoms with E-state index in [0.717, 1.165) is 33.6 Å². The molecule has 0 spiro atoms. The Morgan fingerprint density at radius 3 is 2.43 bits per heavy atom. The molecular weight excluding hydrogens is 528 g/mol. The fourth-order valence-corrected chi connectivity index (χ4v) is 5.29. The zero-order chi connectivity index (χ0) is 29.1. The third-order valence-electron chi connectivity index (χ3n) is 7.43. The summed E-state index contributed by atoms with van der Waals surface area (Å²) >= 11 is 0. The number of esters is 1. The Labute approximate surface area is 243 Å². The maximum atomic E-state index is 14.0. The van der Waals surface area contributed by atoms with E-state index in [2.05, 4.69) is 10.3 Å². The van der Waals surface area contributed by atoms with Crippen molar-refractivity contribution >= 4 is 23.5 Å². The van der Waals surface area contributed by atoms with Gasteiger partial charge in [-0.3, -0.25) is 14.6 Å². The topological polar surface area (TPSA) is 93.5 Å². The molecule has 3 heterocycles. The van der Waals surface area contributed by atoms with Gasteiger partial charge in [-0.2, -0.15) is 0 Å². The van der Waals surface area contributed by atoms with E-state index < -0.39 is 5.97 Å². The van der Waals surface area contributed by atoms with Gasteiger partial charge in [0.05, 0.1) is 25.8 Å². The van der Waals surface area contributed by atoms with Crippen LogP contribution >= 0.6 is 0 Å². The van der Waals surface area contributed by atoms with Gasteiger partial charge in [-0.15, -0.1) is 0 Å². The van der Waals surface area contributed by atoms with Crippen molar-refractivity contribution in [1.82, 2.24) is 14.9 Å². The van der Waals surface area contributed by atoms with Crippen LogP contribution in [-0.2, 0) is 24.4 Å². The Morgan fingerprint density at radius 1 is 0.857 bits per heavy atom. The first-order valence-electron chi connectivity index (χ1n) is 13.6. The fourth-order valence-electron chi connectivity index (χ4n) is 5.29. The number of hydrogen-bond acceptors (Lipinski definition) is 5. The first-order valence-corrected chi connectivity index (χ1v) is 13.6. The van der Waals surface area contributed by atoms with Crippen LogP contribution in [0.15, 0.2) is 109 Å². The van der Waals surface area contributed by atoms with Gasteiger partial charge in [-0.25, -0.2) is 4.79 Å². The van der Waals surface area contributed by atoms with Crippen LogP contribution in [0.25, 0.3) is 11.1 Å². The van der Waals surface area contributed by atoms with Gasteiger partial charge in [0, 0.05) is 35.9 Å². The second kappa shape index (κ2) is 11.5. The summed E-state index contributed by atoms with van der Waals surface area (Å²) in [5.74, 6) is -0.766. The van der Waals surface area contributed by atoms with Gasteiger partial charge >= 0.3 is 5.97 Å². The number of benzene rings is 3. The van der Waals surface area contributed by atoms with E-state index in [0.29, 0.717) is 36.5 Å². The number of aromatic nitrogens is 2. The van der Waals surface area contributed by atoms with E-state index in [-0.39, 0.29) is 11.8 Å². The monoisotopic (exact) mass is 556 g/mol. The molecule has 0 saturated carbocycles.